The Morgan fingerprint density at radius 1 is 1.27 bits per heavy atom. The van der Waals surface area contributed by atoms with E-state index in [-0.39, 0.29) is 11.6 Å². The van der Waals surface area contributed by atoms with Crippen molar-refractivity contribution in [1.82, 2.24) is 4.98 Å². The van der Waals surface area contributed by atoms with Gasteiger partial charge in [0.15, 0.2) is 11.7 Å². The van der Waals surface area contributed by atoms with Gasteiger partial charge in [-0.1, -0.05) is 12.1 Å². The summed E-state index contributed by atoms with van der Waals surface area (Å²) < 4.78 is 18.9. The number of nitrogens with one attached hydrogen (secondary N) is 1. The number of aliphatic imine (C=N–C) groups is 1. The minimum Gasteiger partial charge on any atom is -0.497 e. The number of ether oxygens (including phenoxy) is 1. The Balaban J connectivity index is 2.05. The summed E-state index contributed by atoms with van der Waals surface area (Å²) in [7, 11) is 1.48. The first-order valence-electron chi connectivity index (χ1n) is 6.78. The molecule has 0 saturated heterocycles. The predicted molar refractivity (Wildman–Crippen MR) is 84.9 cm³/mol. The number of benzene rings is 2. The van der Waals surface area contributed by atoms with Crippen molar-refractivity contribution in [3.8, 4) is 11.6 Å². The lowest BCUT2D eigenvalue weighted by atomic mass is 10.1. The monoisotopic (exact) mass is 298 g/mol. The van der Waals surface area contributed by atoms with Crippen molar-refractivity contribution in [3.63, 3.8) is 0 Å². The molecule has 0 radical (unpaired) electrons. The average molecular weight is 298 g/mol. The van der Waals surface area contributed by atoms with Gasteiger partial charge in [-0.3, -0.25) is 4.99 Å². The summed E-state index contributed by atoms with van der Waals surface area (Å²) in [4.78, 5) is 7.03. The van der Waals surface area contributed by atoms with Gasteiger partial charge in [-0.15, -0.1) is 0 Å². The maximum Gasteiger partial charge on any atom is 0.198 e. The quantitative estimate of drug-likeness (QED) is 0.716. The van der Waals surface area contributed by atoms with Gasteiger partial charge in [0.25, 0.3) is 0 Å². The number of aromatic nitrogens is 1. The summed E-state index contributed by atoms with van der Waals surface area (Å²) in [6.45, 7) is 1.95. The Bertz CT molecular complexity index is 868. The van der Waals surface area contributed by atoms with Crippen molar-refractivity contribution in [2.24, 2.45) is 4.99 Å². The van der Waals surface area contributed by atoms with Gasteiger partial charge in [0.2, 0.25) is 0 Å². The number of aromatic amines is 1. The fourth-order valence-electron chi connectivity index (χ4n) is 2.42. The van der Waals surface area contributed by atoms with Gasteiger partial charge < -0.3 is 14.8 Å². The van der Waals surface area contributed by atoms with Crippen LogP contribution in [0.5, 0.6) is 11.6 Å². The third kappa shape index (κ3) is 2.41. The van der Waals surface area contributed by atoms with E-state index < -0.39 is 5.82 Å². The third-order valence-electron chi connectivity index (χ3n) is 3.54. The predicted octanol–water partition coefficient (Wildman–Crippen LogP) is 4.08. The number of methoxy groups -OCH3 is 1. The number of halogens is 1. The summed E-state index contributed by atoms with van der Waals surface area (Å²) in [6.07, 6.45) is 1.46. The molecule has 0 aliphatic rings. The Labute approximate surface area is 126 Å². The second kappa shape index (κ2) is 5.52. The number of hydrogen-bond donors (Lipinski definition) is 2. The molecule has 3 aromatic rings. The van der Waals surface area contributed by atoms with Gasteiger partial charge >= 0.3 is 0 Å². The van der Waals surface area contributed by atoms with Crippen molar-refractivity contribution in [2.45, 2.75) is 6.92 Å². The number of rotatable bonds is 3. The topological polar surface area (TPSA) is 57.6 Å². The number of H-pyrrole nitrogens is 1. The number of fused-ring (bicyclic) bond motifs is 1. The van der Waals surface area contributed by atoms with E-state index in [0.717, 1.165) is 16.5 Å². The Morgan fingerprint density at radius 3 is 2.82 bits per heavy atom. The maximum absolute atomic E-state index is 13.9. The molecule has 0 spiro atoms. The van der Waals surface area contributed by atoms with Crippen molar-refractivity contribution < 1.29 is 14.2 Å². The standard InChI is InChI=1S/C17H15FN2O2/c1-10-4-3-5-15-16(10)12(17(21)20-15)9-19-14-7-6-11(22-2)8-13(14)18/h3-9,20-21H,1-2H3. The van der Waals surface area contributed by atoms with Gasteiger partial charge in [-0.25, -0.2) is 4.39 Å². The smallest absolute Gasteiger partial charge is 0.198 e. The lowest BCUT2D eigenvalue weighted by molar-refractivity contribution is 0.411. The molecule has 5 heteroatoms. The second-order valence-electron chi connectivity index (χ2n) is 4.96. The molecule has 0 bridgehead atoms. The third-order valence-corrected chi connectivity index (χ3v) is 3.54. The number of hydrogen-bond acceptors (Lipinski definition) is 3. The molecule has 0 atom stereocenters. The summed E-state index contributed by atoms with van der Waals surface area (Å²) in [6, 6.07) is 10.2. The van der Waals surface area contributed by atoms with E-state index in [2.05, 4.69) is 9.98 Å². The summed E-state index contributed by atoms with van der Waals surface area (Å²) in [5, 5.41) is 10.9. The van der Waals surface area contributed by atoms with Crippen LogP contribution in [-0.2, 0) is 0 Å². The molecule has 0 amide bonds. The molecule has 0 saturated carbocycles. The molecule has 1 aromatic heterocycles. The number of aromatic hydroxyl groups is 1. The number of aryl methyl sites for hydroxylation is 1. The van der Waals surface area contributed by atoms with Crippen LogP contribution in [0.2, 0.25) is 0 Å². The Kier molecular flexibility index (Phi) is 3.55. The molecule has 2 N–H and O–H groups in total. The fourth-order valence-corrected chi connectivity index (χ4v) is 2.42. The summed E-state index contributed by atoms with van der Waals surface area (Å²) >= 11 is 0. The van der Waals surface area contributed by atoms with Crippen molar-refractivity contribution in [3.05, 3.63) is 53.3 Å². The van der Waals surface area contributed by atoms with E-state index in [1.54, 1.807) is 6.07 Å². The first kappa shape index (κ1) is 14.1. The normalized spacial score (nSPS) is 11.4. The van der Waals surface area contributed by atoms with E-state index in [1.807, 2.05) is 25.1 Å². The van der Waals surface area contributed by atoms with Crippen LogP contribution in [0.4, 0.5) is 10.1 Å². The molecule has 0 fully saturated rings. The van der Waals surface area contributed by atoms with Crippen molar-refractivity contribution in [1.29, 1.82) is 0 Å². The van der Waals surface area contributed by atoms with Gasteiger partial charge in [-0.05, 0) is 30.7 Å². The highest BCUT2D eigenvalue weighted by Gasteiger charge is 2.11. The minimum absolute atomic E-state index is 0.0157. The fraction of sp³-hybridized carbons (Fsp3) is 0.118. The molecule has 0 aliphatic carbocycles. The van der Waals surface area contributed by atoms with Crippen LogP contribution >= 0.6 is 0 Å². The number of nitrogens with zero attached hydrogens (tertiary/aromatic N) is 1. The van der Waals surface area contributed by atoms with E-state index in [0.29, 0.717) is 11.3 Å². The lowest BCUT2D eigenvalue weighted by Crippen LogP contribution is -1.86. The molecule has 0 aliphatic heterocycles. The molecule has 2 aromatic carbocycles. The van der Waals surface area contributed by atoms with Crippen LogP contribution < -0.4 is 4.74 Å². The van der Waals surface area contributed by atoms with Gasteiger partial charge in [0.1, 0.15) is 5.75 Å². The zero-order valence-corrected chi connectivity index (χ0v) is 12.2. The maximum atomic E-state index is 13.9. The molecule has 0 unspecified atom stereocenters. The summed E-state index contributed by atoms with van der Waals surface area (Å²) in [5.74, 6) is -0.0316. The first-order chi connectivity index (χ1) is 10.6. The van der Waals surface area contributed by atoms with Crippen molar-refractivity contribution in [2.75, 3.05) is 7.11 Å². The van der Waals surface area contributed by atoms with Gasteiger partial charge in [0.05, 0.1) is 18.4 Å². The highest BCUT2D eigenvalue weighted by molar-refractivity contribution is 6.04. The molecule has 3 rings (SSSR count). The van der Waals surface area contributed by atoms with Crippen molar-refractivity contribution >= 4 is 22.8 Å². The zero-order valence-electron chi connectivity index (χ0n) is 12.2. The van der Waals surface area contributed by atoms with E-state index in [9.17, 15) is 9.50 Å². The molecule has 4 nitrogen and oxygen atoms in total. The van der Waals surface area contributed by atoms with Crippen LogP contribution in [0, 0.1) is 12.7 Å². The van der Waals surface area contributed by atoms with E-state index in [4.69, 9.17) is 4.74 Å². The van der Waals surface area contributed by atoms with Gasteiger partial charge in [-0.2, -0.15) is 0 Å². The van der Waals surface area contributed by atoms with E-state index in [1.165, 1.54) is 25.5 Å². The van der Waals surface area contributed by atoms with Gasteiger partial charge in [0, 0.05) is 23.2 Å². The van der Waals surface area contributed by atoms with Crippen LogP contribution in [0.1, 0.15) is 11.1 Å². The second-order valence-corrected chi connectivity index (χ2v) is 4.96. The Hall–Kier alpha value is -2.82. The van der Waals surface area contributed by atoms with Crippen LogP contribution in [0.15, 0.2) is 41.4 Å². The minimum atomic E-state index is -0.480. The largest absolute Gasteiger partial charge is 0.497 e. The molecule has 1 heterocycles. The summed E-state index contributed by atoms with van der Waals surface area (Å²) in [5.41, 5.74) is 2.55. The van der Waals surface area contributed by atoms with Crippen LogP contribution in [0.3, 0.4) is 0 Å². The Morgan fingerprint density at radius 2 is 2.09 bits per heavy atom. The molecule has 22 heavy (non-hydrogen) atoms. The van der Waals surface area contributed by atoms with Crippen LogP contribution in [-0.4, -0.2) is 23.4 Å². The lowest BCUT2D eigenvalue weighted by Gasteiger charge is -2.01. The molecular formula is C17H15FN2O2. The SMILES string of the molecule is COc1ccc(N=Cc2c(O)[nH]c3cccc(C)c23)c(F)c1. The first-order valence-corrected chi connectivity index (χ1v) is 6.78. The molecular weight excluding hydrogens is 283 g/mol. The highest BCUT2D eigenvalue weighted by Crippen LogP contribution is 2.29. The van der Waals surface area contributed by atoms with E-state index >= 15 is 0 Å². The van der Waals surface area contributed by atoms with Crippen LogP contribution in [0.25, 0.3) is 10.9 Å². The zero-order chi connectivity index (χ0) is 15.7. The average Bonchev–Trinajstić information content (AvgIpc) is 2.83. The highest BCUT2D eigenvalue weighted by atomic mass is 19.1. The molecule has 112 valence electrons.